The van der Waals surface area contributed by atoms with E-state index >= 15 is 0 Å². The lowest BCUT2D eigenvalue weighted by molar-refractivity contribution is 0.0915. The second-order valence-electron chi connectivity index (χ2n) is 5.97. The van der Waals surface area contributed by atoms with Crippen LogP contribution in [-0.2, 0) is 6.61 Å². The van der Waals surface area contributed by atoms with E-state index in [4.69, 9.17) is 4.74 Å². The number of hydrogen-bond donors (Lipinski definition) is 1. The van der Waals surface area contributed by atoms with Crippen LogP contribution in [0.3, 0.4) is 0 Å². The molecule has 3 nitrogen and oxygen atoms in total. The number of hydrogen-bond acceptors (Lipinski definition) is 2. The van der Waals surface area contributed by atoms with Gasteiger partial charge in [-0.1, -0.05) is 42.5 Å². The maximum atomic E-state index is 12.3. The predicted octanol–water partition coefficient (Wildman–Crippen LogP) is 3.79. The predicted molar refractivity (Wildman–Crippen MR) is 84.4 cm³/mol. The largest absolute Gasteiger partial charge is 0.488 e. The summed E-state index contributed by atoms with van der Waals surface area (Å²) in [5.74, 6) is 0.481. The Labute approximate surface area is 126 Å². The average molecular weight is 283 g/mol. The molecule has 0 heterocycles. The Balaban J connectivity index is 2.12. The molecule has 0 spiro atoms. The van der Waals surface area contributed by atoms with Gasteiger partial charge >= 0.3 is 0 Å². The molecule has 0 aliphatic carbocycles. The quantitative estimate of drug-likeness (QED) is 0.927. The van der Waals surface area contributed by atoms with E-state index < -0.39 is 0 Å². The van der Waals surface area contributed by atoms with Gasteiger partial charge in [-0.2, -0.15) is 0 Å². The van der Waals surface area contributed by atoms with Gasteiger partial charge in [-0.3, -0.25) is 4.79 Å². The molecule has 1 N–H and O–H groups in total. The summed E-state index contributed by atoms with van der Waals surface area (Å²) >= 11 is 0. The van der Waals surface area contributed by atoms with Crippen LogP contribution in [0.25, 0.3) is 0 Å². The van der Waals surface area contributed by atoms with Gasteiger partial charge in [0, 0.05) is 5.54 Å². The molecule has 110 valence electrons. The molecule has 0 aliphatic rings. The van der Waals surface area contributed by atoms with Crippen molar-refractivity contribution >= 4 is 5.91 Å². The molecule has 0 radical (unpaired) electrons. The zero-order chi connectivity index (χ0) is 15.3. The highest BCUT2D eigenvalue weighted by Crippen LogP contribution is 2.20. The van der Waals surface area contributed by atoms with Crippen LogP contribution in [0.1, 0.15) is 36.7 Å². The van der Waals surface area contributed by atoms with Crippen LogP contribution in [0, 0.1) is 0 Å². The Morgan fingerprint density at radius 3 is 2.29 bits per heavy atom. The van der Waals surface area contributed by atoms with Gasteiger partial charge in [0.15, 0.2) is 0 Å². The summed E-state index contributed by atoms with van der Waals surface area (Å²) in [5.41, 5.74) is 1.36. The minimum Gasteiger partial charge on any atom is -0.488 e. The first-order valence-corrected chi connectivity index (χ1v) is 7.04. The van der Waals surface area contributed by atoms with Crippen LogP contribution in [-0.4, -0.2) is 11.4 Å². The smallest absolute Gasteiger partial charge is 0.255 e. The van der Waals surface area contributed by atoms with Crippen LogP contribution >= 0.6 is 0 Å². The molecule has 0 saturated carbocycles. The van der Waals surface area contributed by atoms with Gasteiger partial charge in [0.25, 0.3) is 5.91 Å². The molecule has 0 atom stereocenters. The van der Waals surface area contributed by atoms with E-state index in [1.807, 2.05) is 69.3 Å². The maximum absolute atomic E-state index is 12.3. The number of amides is 1. The van der Waals surface area contributed by atoms with E-state index in [1.54, 1.807) is 6.07 Å². The van der Waals surface area contributed by atoms with Crippen LogP contribution < -0.4 is 10.1 Å². The second kappa shape index (κ2) is 6.44. The SMILES string of the molecule is CC(C)(C)NC(=O)c1ccccc1OCc1ccccc1. The van der Waals surface area contributed by atoms with E-state index in [9.17, 15) is 4.79 Å². The third-order valence-electron chi connectivity index (χ3n) is 2.86. The summed E-state index contributed by atoms with van der Waals surface area (Å²) in [6.45, 7) is 6.32. The van der Waals surface area contributed by atoms with E-state index in [2.05, 4.69) is 5.32 Å². The lowest BCUT2D eigenvalue weighted by Crippen LogP contribution is -2.40. The Morgan fingerprint density at radius 2 is 1.62 bits per heavy atom. The minimum atomic E-state index is -0.274. The molecule has 2 aromatic carbocycles. The molecule has 0 saturated heterocycles. The van der Waals surface area contributed by atoms with E-state index in [0.29, 0.717) is 17.9 Å². The summed E-state index contributed by atoms with van der Waals surface area (Å²) in [5, 5.41) is 2.96. The van der Waals surface area contributed by atoms with Crippen LogP contribution in [0.5, 0.6) is 5.75 Å². The Kier molecular flexibility index (Phi) is 4.63. The standard InChI is InChI=1S/C18H21NO2/c1-18(2,3)19-17(20)15-11-7-8-12-16(15)21-13-14-9-5-4-6-10-14/h4-12H,13H2,1-3H3,(H,19,20). The molecular formula is C18H21NO2. The van der Waals surface area contributed by atoms with Gasteiger partial charge in [-0.15, -0.1) is 0 Å². The Hall–Kier alpha value is -2.29. The highest BCUT2D eigenvalue weighted by atomic mass is 16.5. The maximum Gasteiger partial charge on any atom is 0.255 e. The van der Waals surface area contributed by atoms with Gasteiger partial charge in [-0.25, -0.2) is 0 Å². The Morgan fingerprint density at radius 1 is 1.00 bits per heavy atom. The number of nitrogens with one attached hydrogen (secondary N) is 1. The summed E-state index contributed by atoms with van der Waals surface area (Å²) in [4.78, 5) is 12.3. The first kappa shape index (κ1) is 15.1. The van der Waals surface area contributed by atoms with Crippen molar-refractivity contribution in [2.75, 3.05) is 0 Å². The monoisotopic (exact) mass is 283 g/mol. The molecule has 2 rings (SSSR count). The van der Waals surface area contributed by atoms with Crippen LogP contribution in [0.2, 0.25) is 0 Å². The van der Waals surface area contributed by atoms with Crippen LogP contribution in [0.4, 0.5) is 0 Å². The van der Waals surface area contributed by atoms with Crippen molar-refractivity contribution in [1.29, 1.82) is 0 Å². The lowest BCUT2D eigenvalue weighted by atomic mass is 10.1. The first-order chi connectivity index (χ1) is 9.96. The zero-order valence-corrected chi connectivity index (χ0v) is 12.7. The van der Waals surface area contributed by atoms with Crippen molar-refractivity contribution < 1.29 is 9.53 Å². The van der Waals surface area contributed by atoms with E-state index in [-0.39, 0.29) is 11.4 Å². The fourth-order valence-electron chi connectivity index (χ4n) is 1.92. The molecular weight excluding hydrogens is 262 g/mol. The number of rotatable bonds is 4. The van der Waals surface area contributed by atoms with E-state index in [0.717, 1.165) is 5.56 Å². The number of benzene rings is 2. The lowest BCUT2D eigenvalue weighted by Gasteiger charge is -2.21. The van der Waals surface area contributed by atoms with Crippen molar-refractivity contribution in [3.05, 3.63) is 65.7 Å². The van der Waals surface area contributed by atoms with Crippen LogP contribution in [0.15, 0.2) is 54.6 Å². The van der Waals surface area contributed by atoms with Crippen molar-refractivity contribution in [2.24, 2.45) is 0 Å². The van der Waals surface area contributed by atoms with Gasteiger partial charge in [-0.05, 0) is 38.5 Å². The molecule has 0 bridgehead atoms. The minimum absolute atomic E-state index is 0.119. The third kappa shape index (κ3) is 4.63. The molecule has 21 heavy (non-hydrogen) atoms. The number of carbonyl (C=O) groups excluding carboxylic acids is 1. The number of para-hydroxylation sites is 1. The highest BCUT2D eigenvalue weighted by Gasteiger charge is 2.18. The van der Waals surface area contributed by atoms with Gasteiger partial charge in [0.05, 0.1) is 5.56 Å². The number of ether oxygens (including phenoxy) is 1. The molecule has 2 aromatic rings. The summed E-state index contributed by atoms with van der Waals surface area (Å²) in [6, 6.07) is 17.2. The molecule has 3 heteroatoms. The first-order valence-electron chi connectivity index (χ1n) is 7.04. The molecule has 0 unspecified atom stereocenters. The van der Waals surface area contributed by atoms with E-state index in [1.165, 1.54) is 0 Å². The van der Waals surface area contributed by atoms with Gasteiger partial charge in [0.2, 0.25) is 0 Å². The fraction of sp³-hybridized carbons (Fsp3) is 0.278. The van der Waals surface area contributed by atoms with Crippen molar-refractivity contribution in [3.63, 3.8) is 0 Å². The zero-order valence-electron chi connectivity index (χ0n) is 12.7. The van der Waals surface area contributed by atoms with Gasteiger partial charge in [0.1, 0.15) is 12.4 Å². The Bertz CT molecular complexity index is 600. The van der Waals surface area contributed by atoms with Crippen molar-refractivity contribution in [2.45, 2.75) is 32.9 Å². The van der Waals surface area contributed by atoms with Gasteiger partial charge < -0.3 is 10.1 Å². The average Bonchev–Trinajstić information content (AvgIpc) is 2.45. The molecule has 0 aliphatic heterocycles. The molecule has 0 fully saturated rings. The summed E-state index contributed by atoms with van der Waals surface area (Å²) < 4.78 is 5.80. The highest BCUT2D eigenvalue weighted by molar-refractivity contribution is 5.97. The topological polar surface area (TPSA) is 38.3 Å². The van der Waals surface area contributed by atoms with Crippen molar-refractivity contribution in [3.8, 4) is 5.75 Å². The third-order valence-corrected chi connectivity index (χ3v) is 2.86. The summed E-state index contributed by atoms with van der Waals surface area (Å²) in [6.07, 6.45) is 0. The second-order valence-corrected chi connectivity index (χ2v) is 5.97. The molecule has 0 aromatic heterocycles. The normalized spacial score (nSPS) is 11.0. The van der Waals surface area contributed by atoms with Crippen molar-refractivity contribution in [1.82, 2.24) is 5.32 Å². The fourth-order valence-corrected chi connectivity index (χ4v) is 1.92. The molecule has 1 amide bonds. The summed E-state index contributed by atoms with van der Waals surface area (Å²) in [7, 11) is 0. The number of carbonyl (C=O) groups is 1.